The van der Waals surface area contributed by atoms with Crippen LogP contribution in [0.2, 0.25) is 0 Å². The topological polar surface area (TPSA) is 58.0 Å². The van der Waals surface area contributed by atoms with E-state index in [4.69, 9.17) is 19.1 Å². The Balaban J connectivity index is 0.00000543. The number of aromatic nitrogens is 4. The van der Waals surface area contributed by atoms with Crippen LogP contribution in [0.15, 0.2) is 199 Å². The molecule has 356 valence electrons. The number of nitrogens with zero attached hydrogens (tertiary/aromatic N) is 4. The van der Waals surface area contributed by atoms with Crippen LogP contribution < -0.4 is 4.74 Å². The summed E-state index contributed by atoms with van der Waals surface area (Å²) in [4.78, 5) is 10.0. The fourth-order valence-corrected chi connectivity index (χ4v) is 10.6. The summed E-state index contributed by atoms with van der Waals surface area (Å²) in [5.41, 5.74) is 11.9. The van der Waals surface area contributed by atoms with E-state index in [9.17, 15) is 0 Å². The van der Waals surface area contributed by atoms with Crippen molar-refractivity contribution in [3.05, 3.63) is 218 Å². The molecule has 0 saturated heterocycles. The molecule has 73 heavy (non-hydrogen) atoms. The van der Waals surface area contributed by atoms with Gasteiger partial charge in [-0.2, -0.15) is 6.07 Å². The summed E-state index contributed by atoms with van der Waals surface area (Å²) in [5, 5.41) is 8.66. The average Bonchev–Trinajstić information content (AvgIpc) is 4.13. The van der Waals surface area contributed by atoms with Crippen LogP contribution in [-0.2, 0) is 31.9 Å². The standard InChI is InChI=1S/C66H50N4O2.Pt/c1-65(2,3)46-31-32-67-61(37-46)70-57-20-14-13-19-50(57)51-27-25-47(40-59(51)70)71-48-38-54-62-52-26-23-43-21-22-44(41-15-9-7-10-16-41)35-53(43)49(52)28-30-60(62)72-63(54)55(39-48)64-68-33-34-69(64)58-29-24-45(36-56(58)66(4,5)6)42-17-11-8-12-18-42;/h7-38H,1-6H3;/q-2;+2. The third kappa shape index (κ3) is 7.93. The molecule has 0 unspecified atom stereocenters. The predicted molar refractivity (Wildman–Crippen MR) is 296 cm³/mol. The first kappa shape index (κ1) is 46.0. The maximum atomic E-state index is 7.03. The summed E-state index contributed by atoms with van der Waals surface area (Å²) >= 11 is 0. The van der Waals surface area contributed by atoms with Crippen LogP contribution in [0.5, 0.6) is 11.5 Å². The van der Waals surface area contributed by atoms with Crippen molar-refractivity contribution in [2.45, 2.75) is 52.4 Å². The maximum absolute atomic E-state index is 7.03. The summed E-state index contributed by atoms with van der Waals surface area (Å²) in [7, 11) is 0. The molecule has 0 amide bonds. The molecule has 0 atom stereocenters. The van der Waals surface area contributed by atoms with Crippen molar-refractivity contribution in [2.75, 3.05) is 0 Å². The molecule has 0 bridgehead atoms. The van der Waals surface area contributed by atoms with Crippen LogP contribution in [-0.4, -0.2) is 19.1 Å². The third-order valence-electron chi connectivity index (χ3n) is 14.2. The molecule has 0 spiro atoms. The molecule has 0 aliphatic carbocycles. The van der Waals surface area contributed by atoms with E-state index in [1.807, 2.05) is 24.7 Å². The number of imidazole rings is 1. The first-order chi connectivity index (χ1) is 34.9. The van der Waals surface area contributed by atoms with Gasteiger partial charge in [0.25, 0.3) is 0 Å². The molecule has 13 rings (SSSR count). The molecule has 4 aromatic heterocycles. The number of hydrogen-bond acceptors (Lipinski definition) is 4. The summed E-state index contributed by atoms with van der Waals surface area (Å²) in [6.07, 6.45) is 5.79. The van der Waals surface area contributed by atoms with Crippen LogP contribution in [0.1, 0.15) is 52.7 Å². The molecular formula is C66H50N4O2Pt. The van der Waals surface area contributed by atoms with Crippen molar-refractivity contribution < 1.29 is 30.2 Å². The number of ether oxygens (including phenoxy) is 1. The molecule has 13 aromatic rings. The second kappa shape index (κ2) is 17.6. The zero-order valence-electron chi connectivity index (χ0n) is 41.4. The molecular weight excluding hydrogens is 1080 g/mol. The van der Waals surface area contributed by atoms with Gasteiger partial charge in [-0.15, -0.1) is 17.5 Å². The first-order valence-electron chi connectivity index (χ1n) is 24.6. The van der Waals surface area contributed by atoms with Gasteiger partial charge >= 0.3 is 21.1 Å². The molecule has 0 aliphatic heterocycles. The van der Waals surface area contributed by atoms with E-state index in [2.05, 4.69) is 233 Å². The average molecular weight is 1130 g/mol. The molecule has 7 heteroatoms. The van der Waals surface area contributed by atoms with Crippen molar-refractivity contribution in [1.82, 2.24) is 19.1 Å². The van der Waals surface area contributed by atoms with E-state index in [0.717, 1.165) is 66.0 Å². The summed E-state index contributed by atoms with van der Waals surface area (Å²) in [6.45, 7) is 13.5. The minimum absolute atomic E-state index is 0. The van der Waals surface area contributed by atoms with E-state index in [-0.39, 0.29) is 31.9 Å². The van der Waals surface area contributed by atoms with Gasteiger partial charge in [-0.05, 0) is 114 Å². The van der Waals surface area contributed by atoms with Crippen LogP contribution in [0.4, 0.5) is 0 Å². The number of pyridine rings is 1. The minimum atomic E-state index is -0.201. The largest absolute Gasteiger partial charge is 2.00 e. The fraction of sp³-hybridized carbons (Fsp3) is 0.121. The molecule has 0 saturated carbocycles. The molecule has 9 aromatic carbocycles. The van der Waals surface area contributed by atoms with Gasteiger partial charge in [-0.3, -0.25) is 4.98 Å². The van der Waals surface area contributed by atoms with Crippen LogP contribution in [0, 0.1) is 12.1 Å². The Morgan fingerprint density at radius 1 is 0.521 bits per heavy atom. The molecule has 0 aliphatic rings. The van der Waals surface area contributed by atoms with Crippen molar-refractivity contribution in [2.24, 2.45) is 0 Å². The quantitative estimate of drug-likeness (QED) is 0.118. The number of benzene rings is 9. The summed E-state index contributed by atoms with van der Waals surface area (Å²) < 4.78 is 18.4. The van der Waals surface area contributed by atoms with E-state index in [0.29, 0.717) is 28.5 Å². The third-order valence-corrected chi connectivity index (χ3v) is 14.2. The van der Waals surface area contributed by atoms with Crippen molar-refractivity contribution >= 4 is 65.3 Å². The fourth-order valence-electron chi connectivity index (χ4n) is 10.6. The van der Waals surface area contributed by atoms with Crippen LogP contribution >= 0.6 is 0 Å². The Labute approximate surface area is 438 Å². The SMILES string of the molecule is CC(C)(C)c1ccnc(-n2c3[c-]c(Oc4[c-]c(-c5nccn5-c5ccc(-c6ccccc6)cc5C(C)(C)C)c5oc6ccc7c8cc(-c9ccccc9)ccc8ccc7c6c5c4)ccc3c3ccccc32)c1.[Pt+2]. The zero-order chi connectivity index (χ0) is 48.9. The molecule has 4 heterocycles. The van der Waals surface area contributed by atoms with Gasteiger partial charge in [0.15, 0.2) is 0 Å². The Hall–Kier alpha value is -8.05. The predicted octanol–water partition coefficient (Wildman–Crippen LogP) is 17.6. The molecule has 6 nitrogen and oxygen atoms in total. The summed E-state index contributed by atoms with van der Waals surface area (Å²) in [6, 6.07) is 69.7. The first-order valence-corrected chi connectivity index (χ1v) is 24.6. The number of hydrogen-bond donors (Lipinski definition) is 0. The number of rotatable bonds is 7. The van der Waals surface area contributed by atoms with Crippen LogP contribution in [0.25, 0.3) is 110 Å². The number of para-hydroxylation sites is 1. The minimum Gasteiger partial charge on any atom is -0.503 e. The van der Waals surface area contributed by atoms with Crippen molar-refractivity contribution in [3.8, 4) is 56.6 Å². The number of fused-ring (bicyclic) bond motifs is 10. The smallest absolute Gasteiger partial charge is 0.503 e. The van der Waals surface area contributed by atoms with Gasteiger partial charge in [-0.1, -0.05) is 185 Å². The maximum Gasteiger partial charge on any atom is 2.00 e. The van der Waals surface area contributed by atoms with Gasteiger partial charge in [0.2, 0.25) is 0 Å². The summed E-state index contributed by atoms with van der Waals surface area (Å²) in [5.74, 6) is 2.58. The normalized spacial score (nSPS) is 12.1. The van der Waals surface area contributed by atoms with Gasteiger partial charge in [0.1, 0.15) is 11.4 Å². The Morgan fingerprint density at radius 2 is 1.22 bits per heavy atom. The Kier molecular flexibility index (Phi) is 11.1. The van der Waals surface area contributed by atoms with Gasteiger partial charge < -0.3 is 18.3 Å². The van der Waals surface area contributed by atoms with E-state index < -0.39 is 0 Å². The monoisotopic (exact) mass is 1130 g/mol. The molecule has 0 fully saturated rings. The molecule has 0 radical (unpaired) electrons. The second-order valence-electron chi connectivity index (χ2n) is 20.9. The number of furan rings is 1. The second-order valence-corrected chi connectivity index (χ2v) is 20.9. The molecule has 0 N–H and O–H groups in total. The van der Waals surface area contributed by atoms with Gasteiger partial charge in [-0.25, -0.2) is 4.98 Å². The van der Waals surface area contributed by atoms with E-state index in [1.165, 1.54) is 38.6 Å². The van der Waals surface area contributed by atoms with Gasteiger partial charge in [0.05, 0.1) is 11.4 Å². The van der Waals surface area contributed by atoms with Gasteiger partial charge in [0, 0.05) is 46.7 Å². The van der Waals surface area contributed by atoms with E-state index >= 15 is 0 Å². The van der Waals surface area contributed by atoms with E-state index in [1.54, 1.807) is 0 Å². The van der Waals surface area contributed by atoms with Crippen LogP contribution in [0.3, 0.4) is 0 Å². The van der Waals surface area contributed by atoms with Crippen molar-refractivity contribution in [3.63, 3.8) is 0 Å². The Morgan fingerprint density at radius 3 is 1.99 bits per heavy atom. The van der Waals surface area contributed by atoms with Crippen molar-refractivity contribution in [1.29, 1.82) is 0 Å². The Bertz CT molecular complexity index is 4270. The zero-order valence-corrected chi connectivity index (χ0v) is 43.7.